The zero-order valence-electron chi connectivity index (χ0n) is 19.3. The second-order valence-corrected chi connectivity index (χ2v) is 8.68. The molecule has 34 heavy (non-hydrogen) atoms. The van der Waals surface area contributed by atoms with Gasteiger partial charge < -0.3 is 40.3 Å². The molecule has 0 saturated carbocycles. The van der Waals surface area contributed by atoms with E-state index in [-0.39, 0.29) is 31.1 Å². The van der Waals surface area contributed by atoms with Gasteiger partial charge in [0.1, 0.15) is 12.7 Å². The van der Waals surface area contributed by atoms with Crippen molar-refractivity contribution >= 4 is 17.0 Å². The zero-order valence-corrected chi connectivity index (χ0v) is 19.3. The van der Waals surface area contributed by atoms with Gasteiger partial charge in [-0.25, -0.2) is 9.78 Å². The maximum atomic E-state index is 12.3. The summed E-state index contributed by atoms with van der Waals surface area (Å²) < 4.78 is 28.6. The van der Waals surface area contributed by atoms with E-state index < -0.39 is 42.9 Å². The lowest BCUT2D eigenvalue weighted by Gasteiger charge is -2.42. The van der Waals surface area contributed by atoms with Crippen LogP contribution in [0.25, 0.3) is 11.0 Å². The van der Waals surface area contributed by atoms with Gasteiger partial charge in [-0.3, -0.25) is 4.98 Å². The predicted octanol–water partition coefficient (Wildman–Crippen LogP) is 0.474. The molecule has 8 atom stereocenters. The van der Waals surface area contributed by atoms with Gasteiger partial charge in [0.05, 0.1) is 42.1 Å². The molecule has 0 spiro atoms. The normalized spacial score (nSPS) is 34.1. The molecule has 5 N–H and O–H groups in total. The summed E-state index contributed by atoms with van der Waals surface area (Å²) in [7, 11) is 0. The van der Waals surface area contributed by atoms with E-state index >= 15 is 0 Å². The SMILES string of the molecule is C[C@H]1O[C@H](O[C@H]2[C@H](N)C[C@@H](OCCOC(=O)c3cnc4ccccc4n3)O[C@@H]2C)C[C@@H](N)[C@@H]1O. The summed E-state index contributed by atoms with van der Waals surface area (Å²) in [5.74, 6) is -0.574. The average molecular weight is 477 g/mol. The van der Waals surface area contributed by atoms with E-state index in [1.54, 1.807) is 13.0 Å². The van der Waals surface area contributed by atoms with E-state index in [1.165, 1.54) is 6.20 Å². The molecule has 11 nitrogen and oxygen atoms in total. The molecule has 4 rings (SSSR count). The van der Waals surface area contributed by atoms with E-state index in [9.17, 15) is 9.90 Å². The first-order chi connectivity index (χ1) is 16.3. The third-order valence-corrected chi connectivity index (χ3v) is 6.05. The van der Waals surface area contributed by atoms with Crippen LogP contribution in [0, 0.1) is 0 Å². The zero-order chi connectivity index (χ0) is 24.2. The fourth-order valence-electron chi connectivity index (χ4n) is 4.19. The molecular formula is C23H32N4O7. The van der Waals surface area contributed by atoms with Crippen LogP contribution in [0.1, 0.15) is 37.2 Å². The minimum atomic E-state index is -0.728. The fraction of sp³-hybridized carbons (Fsp3) is 0.609. The molecule has 2 fully saturated rings. The minimum absolute atomic E-state index is 0.0325. The van der Waals surface area contributed by atoms with Crippen LogP contribution in [-0.4, -0.2) is 83.3 Å². The van der Waals surface area contributed by atoms with E-state index in [2.05, 4.69) is 9.97 Å². The second kappa shape index (κ2) is 11.0. The molecule has 0 unspecified atom stereocenters. The van der Waals surface area contributed by atoms with Crippen molar-refractivity contribution in [3.63, 3.8) is 0 Å². The Labute approximate surface area is 197 Å². The molecule has 0 amide bonds. The number of aliphatic hydroxyl groups is 1. The molecule has 11 heteroatoms. The Morgan fingerprint density at radius 3 is 2.50 bits per heavy atom. The number of benzene rings is 1. The van der Waals surface area contributed by atoms with Crippen LogP contribution in [-0.2, 0) is 23.7 Å². The van der Waals surface area contributed by atoms with Crippen LogP contribution < -0.4 is 11.5 Å². The molecule has 2 saturated heterocycles. The highest BCUT2D eigenvalue weighted by Gasteiger charge is 2.40. The third kappa shape index (κ3) is 5.87. The standard InChI is InChI=1S/C23H32N4O7/c1-12-21(28)14(24)9-20(32-12)34-22-13(2)33-19(10-15(22)25)30-7-8-31-23(29)18-11-26-16-5-3-4-6-17(16)27-18/h3-6,11-15,19-22,28H,7-10,24-25H2,1-2H3/t12-,13-,14-,15-,19+,20-,21-,22-/m1/s1. The van der Waals surface area contributed by atoms with Crippen molar-refractivity contribution < 1.29 is 33.6 Å². The summed E-state index contributed by atoms with van der Waals surface area (Å²) in [5.41, 5.74) is 13.8. The number of nitrogens with two attached hydrogens (primary N) is 2. The molecule has 2 aliphatic heterocycles. The summed E-state index contributed by atoms with van der Waals surface area (Å²) in [5, 5.41) is 9.94. The van der Waals surface area contributed by atoms with Crippen LogP contribution in [0.4, 0.5) is 0 Å². The lowest BCUT2D eigenvalue weighted by atomic mass is 9.98. The number of fused-ring (bicyclic) bond motifs is 1. The summed E-state index contributed by atoms with van der Waals surface area (Å²) >= 11 is 0. The number of para-hydroxylation sites is 2. The highest BCUT2D eigenvalue weighted by Crippen LogP contribution is 2.27. The number of hydrogen-bond acceptors (Lipinski definition) is 11. The van der Waals surface area contributed by atoms with Gasteiger partial charge in [-0.2, -0.15) is 0 Å². The number of ether oxygens (including phenoxy) is 5. The molecule has 1 aromatic heterocycles. The minimum Gasteiger partial charge on any atom is -0.458 e. The Balaban J connectivity index is 1.20. The second-order valence-electron chi connectivity index (χ2n) is 8.68. The first kappa shape index (κ1) is 24.9. The number of aliphatic hydroxyl groups excluding tert-OH is 1. The summed E-state index contributed by atoms with van der Waals surface area (Å²) in [6, 6.07) is 6.50. The maximum absolute atomic E-state index is 12.3. The Kier molecular flexibility index (Phi) is 8.04. The molecule has 186 valence electrons. The van der Waals surface area contributed by atoms with Gasteiger partial charge in [-0.1, -0.05) is 12.1 Å². The van der Waals surface area contributed by atoms with Crippen molar-refractivity contribution in [3.05, 3.63) is 36.2 Å². The predicted molar refractivity (Wildman–Crippen MR) is 121 cm³/mol. The van der Waals surface area contributed by atoms with Gasteiger partial charge in [0, 0.05) is 24.9 Å². The number of carbonyl (C=O) groups excluding carboxylic acids is 1. The fourth-order valence-corrected chi connectivity index (χ4v) is 4.19. The molecule has 1 aromatic carbocycles. The van der Waals surface area contributed by atoms with Crippen molar-refractivity contribution in [1.82, 2.24) is 9.97 Å². The first-order valence-corrected chi connectivity index (χ1v) is 11.5. The number of esters is 1. The monoisotopic (exact) mass is 476 g/mol. The van der Waals surface area contributed by atoms with Crippen LogP contribution in [0.15, 0.2) is 30.5 Å². The number of nitrogens with zero attached hydrogens (tertiary/aromatic N) is 2. The van der Waals surface area contributed by atoms with Crippen LogP contribution in [0.5, 0.6) is 0 Å². The van der Waals surface area contributed by atoms with Crippen LogP contribution in [0.3, 0.4) is 0 Å². The molecule has 0 bridgehead atoms. The van der Waals surface area contributed by atoms with Crippen molar-refractivity contribution in [2.24, 2.45) is 11.5 Å². The van der Waals surface area contributed by atoms with Crippen LogP contribution >= 0.6 is 0 Å². The van der Waals surface area contributed by atoms with E-state index in [0.29, 0.717) is 23.9 Å². The summed E-state index contributed by atoms with van der Waals surface area (Å²) in [6.07, 6.45) is -0.886. The summed E-state index contributed by atoms with van der Waals surface area (Å²) in [4.78, 5) is 20.7. The Bertz CT molecular complexity index is 955. The van der Waals surface area contributed by atoms with Gasteiger partial charge in [0.2, 0.25) is 0 Å². The number of carbonyl (C=O) groups is 1. The highest BCUT2D eigenvalue weighted by atomic mass is 16.7. The Hall–Kier alpha value is -2.25. The number of aromatic nitrogens is 2. The van der Waals surface area contributed by atoms with Crippen molar-refractivity contribution in [3.8, 4) is 0 Å². The van der Waals surface area contributed by atoms with Crippen LogP contribution in [0.2, 0.25) is 0 Å². The Morgan fingerprint density at radius 2 is 1.76 bits per heavy atom. The highest BCUT2D eigenvalue weighted by molar-refractivity contribution is 5.89. The lowest BCUT2D eigenvalue weighted by Crippen LogP contribution is -2.57. The van der Waals surface area contributed by atoms with Gasteiger partial charge in [-0.15, -0.1) is 0 Å². The summed E-state index contributed by atoms with van der Waals surface area (Å²) in [6.45, 7) is 3.77. The van der Waals surface area contributed by atoms with Crippen molar-refractivity contribution in [2.45, 2.75) is 75.8 Å². The smallest absolute Gasteiger partial charge is 0.358 e. The van der Waals surface area contributed by atoms with Gasteiger partial charge in [0.15, 0.2) is 18.3 Å². The number of hydrogen-bond donors (Lipinski definition) is 3. The molecule has 0 radical (unpaired) electrons. The van der Waals surface area contributed by atoms with Crippen molar-refractivity contribution in [2.75, 3.05) is 13.2 Å². The van der Waals surface area contributed by atoms with Gasteiger partial charge in [-0.05, 0) is 26.0 Å². The molecule has 3 heterocycles. The van der Waals surface area contributed by atoms with Gasteiger partial charge in [0.25, 0.3) is 0 Å². The Morgan fingerprint density at radius 1 is 1.06 bits per heavy atom. The molecule has 2 aromatic rings. The quantitative estimate of drug-likeness (QED) is 0.376. The molecular weight excluding hydrogens is 444 g/mol. The average Bonchev–Trinajstić information content (AvgIpc) is 2.82. The molecule has 2 aliphatic rings. The first-order valence-electron chi connectivity index (χ1n) is 11.5. The van der Waals surface area contributed by atoms with E-state index in [0.717, 1.165) is 0 Å². The largest absolute Gasteiger partial charge is 0.458 e. The third-order valence-electron chi connectivity index (χ3n) is 6.05. The van der Waals surface area contributed by atoms with Crippen molar-refractivity contribution in [1.29, 1.82) is 0 Å². The maximum Gasteiger partial charge on any atom is 0.358 e. The number of rotatable bonds is 7. The molecule has 0 aliphatic carbocycles. The van der Waals surface area contributed by atoms with Gasteiger partial charge >= 0.3 is 5.97 Å². The van der Waals surface area contributed by atoms with E-state index in [4.69, 9.17) is 35.2 Å². The van der Waals surface area contributed by atoms with E-state index in [1.807, 2.05) is 25.1 Å². The topological polar surface area (TPSA) is 161 Å². The lowest BCUT2D eigenvalue weighted by molar-refractivity contribution is -0.287.